The SMILES string of the molecule is Cc1ccc2c(c1)c1cc(C)ccc1n2-c1cccc2c1C(O)N(c1ccc(-c3ccccc3)cc1)C2=O. The van der Waals surface area contributed by atoms with Gasteiger partial charge in [-0.05, 0) is 73.5 Å². The molecule has 4 nitrogen and oxygen atoms in total. The molecule has 0 aliphatic carbocycles. The lowest BCUT2D eigenvalue weighted by Crippen LogP contribution is -2.27. The summed E-state index contributed by atoms with van der Waals surface area (Å²) in [6.45, 7) is 4.20. The molecule has 1 N–H and O–H groups in total. The van der Waals surface area contributed by atoms with E-state index in [0.29, 0.717) is 16.8 Å². The molecule has 1 unspecified atom stereocenters. The molecule has 0 saturated carbocycles. The van der Waals surface area contributed by atoms with Crippen LogP contribution >= 0.6 is 0 Å². The first kappa shape index (κ1) is 22.5. The van der Waals surface area contributed by atoms with E-state index in [1.54, 1.807) is 0 Å². The Morgan fingerprint density at radius 1 is 0.658 bits per heavy atom. The minimum absolute atomic E-state index is 0.200. The fraction of sp³-hybridized carbons (Fsp3) is 0.0882. The van der Waals surface area contributed by atoms with Crippen LogP contribution in [0, 0.1) is 13.8 Å². The van der Waals surface area contributed by atoms with Crippen LogP contribution in [-0.2, 0) is 0 Å². The number of fused-ring (bicyclic) bond motifs is 4. The number of carbonyl (C=O) groups excluding carboxylic acids is 1. The third-order valence-electron chi connectivity index (χ3n) is 7.60. The summed E-state index contributed by atoms with van der Waals surface area (Å²) < 4.78 is 2.18. The van der Waals surface area contributed by atoms with Crippen LogP contribution in [-0.4, -0.2) is 15.6 Å². The number of benzene rings is 5. The zero-order chi connectivity index (χ0) is 26.0. The van der Waals surface area contributed by atoms with Crippen molar-refractivity contribution in [1.29, 1.82) is 0 Å². The van der Waals surface area contributed by atoms with Gasteiger partial charge in [0.25, 0.3) is 5.91 Å². The van der Waals surface area contributed by atoms with E-state index >= 15 is 0 Å². The monoisotopic (exact) mass is 494 g/mol. The number of nitrogens with zero attached hydrogens (tertiary/aromatic N) is 2. The van der Waals surface area contributed by atoms with Crippen LogP contribution in [0.1, 0.15) is 33.3 Å². The first-order chi connectivity index (χ1) is 18.5. The van der Waals surface area contributed by atoms with Gasteiger partial charge in [0.05, 0.1) is 16.7 Å². The first-order valence-electron chi connectivity index (χ1n) is 12.8. The van der Waals surface area contributed by atoms with Crippen molar-refractivity contribution in [1.82, 2.24) is 4.57 Å². The summed E-state index contributed by atoms with van der Waals surface area (Å²) in [6.07, 6.45) is -1.10. The molecule has 7 rings (SSSR count). The minimum atomic E-state index is -1.10. The van der Waals surface area contributed by atoms with Crippen LogP contribution in [0.15, 0.2) is 109 Å². The maximum absolute atomic E-state index is 13.7. The highest BCUT2D eigenvalue weighted by Gasteiger charge is 2.39. The fourth-order valence-corrected chi connectivity index (χ4v) is 5.79. The summed E-state index contributed by atoms with van der Waals surface area (Å²) in [7, 11) is 0. The van der Waals surface area contributed by atoms with E-state index in [-0.39, 0.29) is 5.91 Å². The predicted molar refractivity (Wildman–Crippen MR) is 154 cm³/mol. The summed E-state index contributed by atoms with van der Waals surface area (Å²) in [6, 6.07) is 36.5. The second kappa shape index (κ2) is 8.44. The lowest BCUT2D eigenvalue weighted by Gasteiger charge is -2.22. The van der Waals surface area contributed by atoms with Gasteiger partial charge in [0.15, 0.2) is 6.23 Å². The molecule has 6 aromatic rings. The van der Waals surface area contributed by atoms with Gasteiger partial charge in [-0.25, -0.2) is 0 Å². The molecule has 0 spiro atoms. The Morgan fingerprint density at radius 3 is 1.89 bits per heavy atom. The van der Waals surface area contributed by atoms with Crippen molar-refractivity contribution in [2.75, 3.05) is 4.90 Å². The van der Waals surface area contributed by atoms with Crippen LogP contribution < -0.4 is 4.90 Å². The zero-order valence-corrected chi connectivity index (χ0v) is 21.2. The molecule has 38 heavy (non-hydrogen) atoms. The number of aromatic nitrogens is 1. The van der Waals surface area contributed by atoms with Gasteiger partial charge < -0.3 is 9.67 Å². The average Bonchev–Trinajstić information content (AvgIpc) is 3.39. The number of anilines is 1. The van der Waals surface area contributed by atoms with E-state index in [1.807, 2.05) is 60.7 Å². The molecule has 4 heteroatoms. The Hall–Kier alpha value is -4.67. The molecule has 2 heterocycles. The Morgan fingerprint density at radius 2 is 1.26 bits per heavy atom. The van der Waals surface area contributed by atoms with Gasteiger partial charge in [-0.2, -0.15) is 0 Å². The van der Waals surface area contributed by atoms with Crippen molar-refractivity contribution >= 4 is 33.4 Å². The van der Waals surface area contributed by atoms with Crippen molar-refractivity contribution in [2.24, 2.45) is 0 Å². The molecule has 0 saturated heterocycles. The van der Waals surface area contributed by atoms with Crippen molar-refractivity contribution in [3.8, 4) is 16.8 Å². The molecule has 1 amide bonds. The predicted octanol–water partition coefficient (Wildman–Crippen LogP) is 7.72. The van der Waals surface area contributed by atoms with Gasteiger partial charge in [-0.3, -0.25) is 9.69 Å². The molecule has 184 valence electrons. The summed E-state index contributed by atoms with van der Waals surface area (Å²) in [5, 5.41) is 14.0. The van der Waals surface area contributed by atoms with E-state index in [0.717, 1.165) is 38.6 Å². The fourth-order valence-electron chi connectivity index (χ4n) is 5.79. The highest BCUT2D eigenvalue weighted by molar-refractivity contribution is 6.13. The number of aryl methyl sites for hydroxylation is 2. The molecular weight excluding hydrogens is 468 g/mol. The molecule has 0 bridgehead atoms. The Kier molecular flexibility index (Phi) is 5.00. The average molecular weight is 495 g/mol. The van der Waals surface area contributed by atoms with E-state index in [2.05, 4.69) is 66.9 Å². The van der Waals surface area contributed by atoms with Gasteiger partial charge in [0.1, 0.15) is 0 Å². The number of hydrogen-bond acceptors (Lipinski definition) is 2. The molecule has 1 aliphatic rings. The number of hydrogen-bond donors (Lipinski definition) is 1. The van der Waals surface area contributed by atoms with Crippen LogP contribution in [0.25, 0.3) is 38.6 Å². The van der Waals surface area contributed by atoms with Crippen LogP contribution in [0.3, 0.4) is 0 Å². The van der Waals surface area contributed by atoms with Gasteiger partial charge in [-0.15, -0.1) is 0 Å². The quantitative estimate of drug-likeness (QED) is 0.274. The second-order valence-corrected chi connectivity index (χ2v) is 10.1. The van der Waals surface area contributed by atoms with E-state index in [9.17, 15) is 9.90 Å². The largest absolute Gasteiger partial charge is 0.369 e. The lowest BCUT2D eigenvalue weighted by molar-refractivity contribution is 0.0935. The molecule has 1 aliphatic heterocycles. The molecule has 0 radical (unpaired) electrons. The third-order valence-corrected chi connectivity index (χ3v) is 7.60. The maximum atomic E-state index is 13.7. The van der Waals surface area contributed by atoms with Gasteiger partial charge in [0, 0.05) is 27.6 Å². The van der Waals surface area contributed by atoms with Crippen LogP contribution in [0.2, 0.25) is 0 Å². The minimum Gasteiger partial charge on any atom is -0.369 e. The van der Waals surface area contributed by atoms with E-state index in [4.69, 9.17) is 0 Å². The first-order valence-corrected chi connectivity index (χ1v) is 12.8. The zero-order valence-electron chi connectivity index (χ0n) is 21.2. The Labute approximate surface area is 221 Å². The normalized spacial score (nSPS) is 15.0. The van der Waals surface area contributed by atoms with Crippen LogP contribution in [0.5, 0.6) is 0 Å². The Balaban J connectivity index is 1.38. The number of carbonyl (C=O) groups is 1. The number of aliphatic hydroxyl groups is 1. The second-order valence-electron chi connectivity index (χ2n) is 10.1. The molecule has 5 aromatic carbocycles. The smallest absolute Gasteiger partial charge is 0.261 e. The lowest BCUT2D eigenvalue weighted by atomic mass is 10.1. The number of aliphatic hydroxyl groups excluding tert-OH is 1. The number of amides is 1. The van der Waals surface area contributed by atoms with Gasteiger partial charge in [0.2, 0.25) is 0 Å². The third kappa shape index (κ3) is 3.31. The Bertz CT molecular complexity index is 1810. The van der Waals surface area contributed by atoms with E-state index in [1.165, 1.54) is 16.0 Å². The van der Waals surface area contributed by atoms with Gasteiger partial charge in [-0.1, -0.05) is 71.8 Å². The van der Waals surface area contributed by atoms with Crippen LogP contribution in [0.4, 0.5) is 5.69 Å². The summed E-state index contributed by atoms with van der Waals surface area (Å²) in [5.41, 5.74) is 9.29. The van der Waals surface area contributed by atoms with Crippen molar-refractivity contribution in [3.05, 3.63) is 131 Å². The summed E-state index contributed by atoms with van der Waals surface area (Å²) >= 11 is 0. The highest BCUT2D eigenvalue weighted by Crippen LogP contribution is 2.42. The van der Waals surface area contributed by atoms with Crippen molar-refractivity contribution < 1.29 is 9.90 Å². The molecule has 1 aromatic heterocycles. The molecular formula is C34H26N2O2. The molecule has 0 fully saturated rings. The highest BCUT2D eigenvalue weighted by atomic mass is 16.3. The maximum Gasteiger partial charge on any atom is 0.261 e. The standard InChI is InChI=1S/C34H26N2O2/c1-21-11-17-29-27(19-21)28-20-22(2)12-18-30(28)36(29)31-10-6-9-26-32(31)34(38)35(33(26)37)25-15-13-24(14-16-25)23-7-4-3-5-8-23/h3-20,34,38H,1-2H3. The number of rotatable bonds is 3. The van der Waals surface area contributed by atoms with E-state index < -0.39 is 6.23 Å². The molecule has 1 atom stereocenters. The van der Waals surface area contributed by atoms with Crippen molar-refractivity contribution in [3.63, 3.8) is 0 Å². The summed E-state index contributed by atoms with van der Waals surface area (Å²) in [5.74, 6) is -0.200. The summed E-state index contributed by atoms with van der Waals surface area (Å²) in [4.78, 5) is 15.1. The van der Waals surface area contributed by atoms with Gasteiger partial charge >= 0.3 is 0 Å². The van der Waals surface area contributed by atoms with Crippen molar-refractivity contribution in [2.45, 2.75) is 20.1 Å². The topological polar surface area (TPSA) is 45.5 Å².